The molecule has 1 saturated heterocycles. The number of piperidine rings is 1. The lowest BCUT2D eigenvalue weighted by molar-refractivity contribution is 0.0524. The Morgan fingerprint density at radius 3 is 1.84 bits per heavy atom. The van der Waals surface area contributed by atoms with Gasteiger partial charge in [-0.25, -0.2) is 31.1 Å². The summed E-state index contributed by atoms with van der Waals surface area (Å²) in [5, 5.41) is 19.1. The zero-order chi connectivity index (χ0) is 54.5. The van der Waals surface area contributed by atoms with Gasteiger partial charge in [0.1, 0.15) is 39.2 Å². The number of benzene rings is 5. The summed E-state index contributed by atoms with van der Waals surface area (Å²) in [4.78, 5) is 27.4. The first kappa shape index (κ1) is 56.5. The van der Waals surface area contributed by atoms with Gasteiger partial charge < -0.3 is 39.2 Å². The third kappa shape index (κ3) is 15.4. The van der Waals surface area contributed by atoms with Crippen molar-refractivity contribution in [2.45, 2.75) is 94.6 Å². The molecule has 0 unspecified atom stereocenters. The highest BCUT2D eigenvalue weighted by molar-refractivity contribution is 7.92. The van der Waals surface area contributed by atoms with Gasteiger partial charge in [-0.3, -0.25) is 0 Å². The summed E-state index contributed by atoms with van der Waals surface area (Å²) >= 11 is 0. The first-order chi connectivity index (χ1) is 36.3. The van der Waals surface area contributed by atoms with Gasteiger partial charge in [-0.05, 0) is 129 Å². The zero-order valence-electron chi connectivity index (χ0n) is 43.9. The zero-order valence-corrected chi connectivity index (χ0v) is 45.5. The summed E-state index contributed by atoms with van der Waals surface area (Å²) in [5.41, 5.74) is 2.39. The Morgan fingerprint density at radius 1 is 0.724 bits per heavy atom. The molecule has 1 atom stereocenters. The topological polar surface area (TPSA) is 235 Å². The van der Waals surface area contributed by atoms with E-state index >= 15 is 16.8 Å². The van der Waals surface area contributed by atoms with E-state index in [1.807, 2.05) is 35.2 Å². The minimum absolute atomic E-state index is 0.00555. The number of carbonyl (C=O) groups excluding carboxylic acids is 2. The average molecular weight is 1080 g/mol. The summed E-state index contributed by atoms with van der Waals surface area (Å²) in [5.74, 6) is 1.82. The van der Waals surface area contributed by atoms with Gasteiger partial charge in [0.25, 0.3) is 0 Å². The molecule has 5 aromatic carbocycles. The monoisotopic (exact) mass is 1080 g/mol. The second-order valence-corrected chi connectivity index (χ2v) is 22.9. The molecule has 20 nitrogen and oxygen atoms in total. The smallest absolute Gasteiger partial charge is 0.407 e. The van der Waals surface area contributed by atoms with E-state index in [1.54, 1.807) is 107 Å². The Bertz CT molecular complexity index is 3040. The van der Waals surface area contributed by atoms with Crippen LogP contribution in [0.4, 0.5) is 15.3 Å². The number of amides is 2. The lowest BCUT2D eigenvalue weighted by Gasteiger charge is -2.35. The number of rotatable bonds is 23. The fourth-order valence-corrected chi connectivity index (χ4v) is 12.2. The maximum absolute atomic E-state index is 16.2. The van der Waals surface area contributed by atoms with Crippen LogP contribution < -0.4 is 34.5 Å². The molecule has 406 valence electrons. The molecule has 0 saturated carbocycles. The van der Waals surface area contributed by atoms with Crippen molar-refractivity contribution in [1.29, 1.82) is 0 Å². The van der Waals surface area contributed by atoms with E-state index in [0.29, 0.717) is 73.0 Å². The molecule has 22 heteroatoms. The molecule has 3 N–H and O–H groups in total. The highest BCUT2D eigenvalue weighted by atomic mass is 32.2. The minimum Gasteiger partial charge on any atom is -0.497 e. The summed E-state index contributed by atoms with van der Waals surface area (Å²) in [6.45, 7) is 7.76. The van der Waals surface area contributed by atoms with Crippen molar-refractivity contribution < 1.29 is 50.1 Å². The molecule has 76 heavy (non-hydrogen) atoms. The van der Waals surface area contributed by atoms with Crippen molar-refractivity contribution >= 4 is 37.9 Å². The molecule has 1 fully saturated rings. The number of alkyl carbamates (subject to hydrolysis) is 2. The fraction of sp³-hybridized carbons (Fsp3) is 0.389. The van der Waals surface area contributed by atoms with Gasteiger partial charge in [0.2, 0.25) is 25.9 Å². The van der Waals surface area contributed by atoms with Gasteiger partial charge >= 0.3 is 12.2 Å². The van der Waals surface area contributed by atoms with E-state index in [1.165, 1.54) is 36.3 Å². The number of hydrogen-bond acceptors (Lipinski definition) is 15. The summed E-state index contributed by atoms with van der Waals surface area (Å²) in [7, 11) is -5.08. The maximum atomic E-state index is 16.2. The molecular formula is C54H67N9O11S2. The number of aromatic nitrogens is 4. The van der Waals surface area contributed by atoms with Crippen LogP contribution in [0.15, 0.2) is 125 Å². The quantitative estimate of drug-likeness (QED) is 0.0563. The van der Waals surface area contributed by atoms with E-state index in [4.69, 9.17) is 28.8 Å². The number of sulfonamides is 2. The van der Waals surface area contributed by atoms with Crippen LogP contribution in [0.5, 0.6) is 17.2 Å². The number of nitrogens with one attached hydrogen (secondary N) is 3. The van der Waals surface area contributed by atoms with Gasteiger partial charge in [-0.15, -0.1) is 10.2 Å². The largest absolute Gasteiger partial charge is 0.497 e. The molecule has 0 bridgehead atoms. The van der Waals surface area contributed by atoms with Crippen LogP contribution in [0.3, 0.4) is 0 Å². The van der Waals surface area contributed by atoms with Gasteiger partial charge in [0.15, 0.2) is 0 Å². The average Bonchev–Trinajstić information content (AvgIpc) is 3.92. The number of ether oxygens (including phenoxy) is 5. The first-order valence-corrected chi connectivity index (χ1v) is 27.8. The van der Waals surface area contributed by atoms with Crippen molar-refractivity contribution in [2.24, 2.45) is 5.92 Å². The predicted molar refractivity (Wildman–Crippen MR) is 286 cm³/mol. The van der Waals surface area contributed by atoms with E-state index < -0.39 is 53.7 Å². The van der Waals surface area contributed by atoms with Crippen molar-refractivity contribution in [3.8, 4) is 28.6 Å². The summed E-state index contributed by atoms with van der Waals surface area (Å²) in [6, 6.07) is 32.1. The number of anilines is 1. The van der Waals surface area contributed by atoms with Crippen LogP contribution in [0.2, 0.25) is 0 Å². The lowest BCUT2D eigenvalue weighted by Crippen LogP contribution is -2.42. The van der Waals surface area contributed by atoms with Crippen LogP contribution in [-0.4, -0.2) is 113 Å². The van der Waals surface area contributed by atoms with Crippen molar-refractivity contribution in [1.82, 2.24) is 39.9 Å². The number of carbonyl (C=O) groups is 2. The standard InChI is InChI=1S/C54H67N9O11S2/c1-38(33-56-52(64)73-37-43-11-9-8-10-12-43)59-75(66,67)48-26-25-47(61-31-28-39(29-32-61)27-30-55-53(65)74-54(2,3)4)49(51-57-60-63(58-51)36-42-17-23-46(72-7)24-18-42)50(48)76(68,69)62(34-40-13-19-44(70-5)20-14-40)35-41-15-21-45(71-6)22-16-41/h8-26,38-39,59H,27-37H2,1-7H3,(H,55,65)(H,56,64)/t38-/m1/s1. The Morgan fingerprint density at radius 2 is 1.29 bits per heavy atom. The first-order valence-electron chi connectivity index (χ1n) is 24.9. The number of methoxy groups -OCH3 is 3. The Balaban J connectivity index is 1.32. The van der Waals surface area contributed by atoms with Crippen molar-refractivity contribution in [3.05, 3.63) is 138 Å². The van der Waals surface area contributed by atoms with E-state index in [-0.39, 0.29) is 50.1 Å². The molecule has 7 rings (SSSR count). The highest BCUT2D eigenvalue weighted by Crippen LogP contribution is 2.42. The van der Waals surface area contributed by atoms with Crippen LogP contribution in [0.25, 0.3) is 11.4 Å². The van der Waals surface area contributed by atoms with Crippen LogP contribution in [0.1, 0.15) is 69.2 Å². The summed E-state index contributed by atoms with van der Waals surface area (Å²) in [6.07, 6.45) is 0.726. The SMILES string of the molecule is COc1ccc(CN(Cc2ccc(OC)cc2)S(=O)(=O)c2c(S(=O)(=O)N[C@H](C)CNC(=O)OCc3ccccc3)ccc(N3CCC(CCNC(=O)OC(C)(C)C)CC3)c2-c2nnn(Cc3ccc(OC)cc3)n2)cc1. The second-order valence-electron chi connectivity index (χ2n) is 19.4. The number of tetrazole rings is 1. The third-order valence-corrected chi connectivity index (χ3v) is 16.1. The van der Waals surface area contributed by atoms with E-state index in [2.05, 4.69) is 25.7 Å². The van der Waals surface area contributed by atoms with Gasteiger partial charge in [-0.2, -0.15) is 9.10 Å². The fourth-order valence-electron chi connectivity index (χ4n) is 8.56. The molecule has 6 aromatic rings. The van der Waals surface area contributed by atoms with Crippen molar-refractivity contribution in [3.63, 3.8) is 0 Å². The molecule has 2 amide bonds. The van der Waals surface area contributed by atoms with Crippen LogP contribution in [-0.2, 0) is 55.8 Å². The van der Waals surface area contributed by atoms with E-state index in [9.17, 15) is 9.59 Å². The predicted octanol–water partition coefficient (Wildman–Crippen LogP) is 7.53. The molecule has 0 aliphatic carbocycles. The van der Waals surface area contributed by atoms with Gasteiger partial charge in [-0.1, -0.05) is 66.7 Å². The third-order valence-electron chi connectivity index (χ3n) is 12.5. The molecule has 2 heterocycles. The Labute approximate surface area is 445 Å². The Hall–Kier alpha value is -7.27. The molecule has 1 aliphatic rings. The molecular weight excluding hydrogens is 1010 g/mol. The molecule has 0 spiro atoms. The molecule has 1 aliphatic heterocycles. The lowest BCUT2D eigenvalue weighted by atomic mass is 9.93. The van der Waals surface area contributed by atoms with E-state index in [0.717, 1.165) is 11.1 Å². The van der Waals surface area contributed by atoms with Crippen LogP contribution in [0, 0.1) is 5.92 Å². The van der Waals surface area contributed by atoms with Gasteiger partial charge in [0, 0.05) is 51.0 Å². The second kappa shape index (κ2) is 25.5. The summed E-state index contributed by atoms with van der Waals surface area (Å²) < 4.78 is 93.4. The van der Waals surface area contributed by atoms with Crippen LogP contribution >= 0.6 is 0 Å². The highest BCUT2D eigenvalue weighted by Gasteiger charge is 2.39. The molecule has 0 radical (unpaired) electrons. The normalized spacial score (nSPS) is 13.7. The van der Waals surface area contributed by atoms with Gasteiger partial charge in [0.05, 0.1) is 33.4 Å². The number of hydrogen-bond donors (Lipinski definition) is 3. The minimum atomic E-state index is -4.93. The van der Waals surface area contributed by atoms with Crippen molar-refractivity contribution in [2.75, 3.05) is 52.4 Å². The molecule has 1 aromatic heterocycles. The maximum Gasteiger partial charge on any atom is 0.407 e. The Kier molecular flexibility index (Phi) is 19.0. The number of nitrogens with zero attached hydrogens (tertiary/aromatic N) is 6.